The van der Waals surface area contributed by atoms with Crippen molar-refractivity contribution in [2.24, 2.45) is 5.41 Å². The van der Waals surface area contributed by atoms with E-state index in [0.717, 1.165) is 55.8 Å². The first-order valence-corrected chi connectivity index (χ1v) is 7.96. The molecule has 3 nitrogen and oxygen atoms in total. The maximum absolute atomic E-state index is 12.9. The van der Waals surface area contributed by atoms with E-state index < -0.39 is 0 Å². The van der Waals surface area contributed by atoms with Crippen molar-refractivity contribution in [1.29, 1.82) is 0 Å². The molecule has 0 saturated carbocycles. The van der Waals surface area contributed by atoms with Crippen LogP contribution in [-0.4, -0.2) is 37.1 Å². The molecule has 0 aliphatic carbocycles. The summed E-state index contributed by atoms with van der Waals surface area (Å²) >= 11 is 0. The standard InChI is InChI=1S/C18H25NO2/c1-13-9-14(2)16(15(3)10-13)17(20)19-7-6-18(11-19)5-4-8-21-12-18/h9-10H,4-8,11-12H2,1-3H3. The van der Waals surface area contributed by atoms with Crippen LogP contribution in [0.1, 0.15) is 46.3 Å². The number of carbonyl (C=O) groups is 1. The molecule has 1 spiro atoms. The van der Waals surface area contributed by atoms with Gasteiger partial charge in [0, 0.05) is 30.7 Å². The fraction of sp³-hybridized carbons (Fsp3) is 0.611. The number of aryl methyl sites for hydroxylation is 3. The van der Waals surface area contributed by atoms with Crippen LogP contribution in [0.4, 0.5) is 0 Å². The molecular weight excluding hydrogens is 262 g/mol. The van der Waals surface area contributed by atoms with Crippen LogP contribution in [0.2, 0.25) is 0 Å². The van der Waals surface area contributed by atoms with Gasteiger partial charge in [0.1, 0.15) is 0 Å². The Labute approximate surface area is 127 Å². The van der Waals surface area contributed by atoms with E-state index >= 15 is 0 Å². The predicted molar refractivity (Wildman–Crippen MR) is 83.7 cm³/mol. The summed E-state index contributed by atoms with van der Waals surface area (Å²) in [4.78, 5) is 15.0. The summed E-state index contributed by atoms with van der Waals surface area (Å²) in [7, 11) is 0. The molecule has 114 valence electrons. The maximum atomic E-state index is 12.9. The predicted octanol–water partition coefficient (Wildman–Crippen LogP) is 3.25. The average Bonchev–Trinajstić information content (AvgIpc) is 2.82. The van der Waals surface area contributed by atoms with Crippen molar-refractivity contribution < 1.29 is 9.53 Å². The highest BCUT2D eigenvalue weighted by molar-refractivity contribution is 5.97. The van der Waals surface area contributed by atoms with E-state index in [2.05, 4.69) is 19.1 Å². The minimum atomic E-state index is 0.201. The first-order chi connectivity index (χ1) is 10.0. The highest BCUT2D eigenvalue weighted by Gasteiger charge is 2.41. The van der Waals surface area contributed by atoms with Crippen LogP contribution in [0, 0.1) is 26.2 Å². The van der Waals surface area contributed by atoms with Crippen LogP contribution >= 0.6 is 0 Å². The summed E-state index contributed by atoms with van der Waals surface area (Å²) in [6, 6.07) is 4.21. The number of hydrogen-bond donors (Lipinski definition) is 0. The molecule has 1 aromatic carbocycles. The molecule has 1 amide bonds. The third kappa shape index (κ3) is 2.71. The Morgan fingerprint density at radius 2 is 1.90 bits per heavy atom. The molecule has 1 aromatic rings. The van der Waals surface area contributed by atoms with Crippen LogP contribution < -0.4 is 0 Å². The Hall–Kier alpha value is -1.35. The van der Waals surface area contributed by atoms with Gasteiger partial charge >= 0.3 is 0 Å². The molecule has 2 heterocycles. The Bertz CT molecular complexity index is 535. The van der Waals surface area contributed by atoms with E-state index in [4.69, 9.17) is 4.74 Å². The van der Waals surface area contributed by atoms with Crippen molar-refractivity contribution in [3.05, 3.63) is 34.4 Å². The van der Waals surface area contributed by atoms with Gasteiger partial charge in [-0.1, -0.05) is 17.7 Å². The number of ether oxygens (including phenoxy) is 1. The fourth-order valence-corrected chi connectivity index (χ4v) is 4.02. The summed E-state index contributed by atoms with van der Waals surface area (Å²) in [5.41, 5.74) is 4.53. The molecule has 0 radical (unpaired) electrons. The van der Waals surface area contributed by atoms with Gasteiger partial charge in [0.25, 0.3) is 5.91 Å². The summed E-state index contributed by atoms with van der Waals surface area (Å²) < 4.78 is 5.67. The molecule has 0 bridgehead atoms. The zero-order valence-corrected chi connectivity index (χ0v) is 13.4. The minimum Gasteiger partial charge on any atom is -0.381 e. The molecule has 1 atom stereocenters. The number of likely N-dealkylation sites (tertiary alicyclic amines) is 1. The number of benzene rings is 1. The molecule has 2 saturated heterocycles. The quantitative estimate of drug-likeness (QED) is 0.793. The van der Waals surface area contributed by atoms with Crippen LogP contribution in [-0.2, 0) is 4.74 Å². The van der Waals surface area contributed by atoms with Crippen molar-refractivity contribution in [1.82, 2.24) is 4.90 Å². The van der Waals surface area contributed by atoms with E-state index in [1.165, 1.54) is 12.0 Å². The van der Waals surface area contributed by atoms with E-state index in [0.29, 0.717) is 0 Å². The lowest BCUT2D eigenvalue weighted by Gasteiger charge is -2.33. The van der Waals surface area contributed by atoms with Gasteiger partial charge in [-0.25, -0.2) is 0 Å². The third-order valence-electron chi connectivity index (χ3n) is 5.02. The van der Waals surface area contributed by atoms with Gasteiger partial charge in [0.2, 0.25) is 0 Å². The number of hydrogen-bond acceptors (Lipinski definition) is 2. The number of rotatable bonds is 1. The average molecular weight is 287 g/mol. The van der Waals surface area contributed by atoms with Crippen LogP contribution in [0.3, 0.4) is 0 Å². The van der Waals surface area contributed by atoms with Gasteiger partial charge in [-0.05, 0) is 51.2 Å². The second-order valence-corrected chi connectivity index (χ2v) is 6.91. The van der Waals surface area contributed by atoms with Gasteiger partial charge in [-0.15, -0.1) is 0 Å². The Balaban J connectivity index is 1.81. The summed E-state index contributed by atoms with van der Waals surface area (Å²) in [6.07, 6.45) is 3.41. The molecule has 2 aliphatic heterocycles. The summed E-state index contributed by atoms with van der Waals surface area (Å²) in [6.45, 7) is 9.60. The highest BCUT2D eigenvalue weighted by atomic mass is 16.5. The smallest absolute Gasteiger partial charge is 0.254 e. The molecule has 0 aromatic heterocycles. The van der Waals surface area contributed by atoms with Crippen molar-refractivity contribution in [3.63, 3.8) is 0 Å². The Morgan fingerprint density at radius 3 is 2.52 bits per heavy atom. The molecule has 3 rings (SSSR count). The number of amides is 1. The minimum absolute atomic E-state index is 0.201. The molecule has 21 heavy (non-hydrogen) atoms. The molecule has 2 aliphatic rings. The van der Waals surface area contributed by atoms with E-state index in [9.17, 15) is 4.79 Å². The van der Waals surface area contributed by atoms with Crippen LogP contribution in [0.5, 0.6) is 0 Å². The first-order valence-electron chi connectivity index (χ1n) is 7.96. The SMILES string of the molecule is Cc1cc(C)c(C(=O)N2CCC3(CCCOC3)C2)c(C)c1. The van der Waals surface area contributed by atoms with E-state index in [1.54, 1.807) is 0 Å². The van der Waals surface area contributed by atoms with Crippen molar-refractivity contribution in [2.45, 2.75) is 40.0 Å². The lowest BCUT2D eigenvalue weighted by molar-refractivity contribution is -0.00160. The van der Waals surface area contributed by atoms with Crippen molar-refractivity contribution in [3.8, 4) is 0 Å². The van der Waals surface area contributed by atoms with Crippen LogP contribution in [0.15, 0.2) is 12.1 Å². The highest BCUT2D eigenvalue weighted by Crippen LogP contribution is 2.38. The molecule has 1 unspecified atom stereocenters. The number of carbonyl (C=O) groups excluding carboxylic acids is 1. The second kappa shape index (κ2) is 5.45. The van der Waals surface area contributed by atoms with E-state index in [1.807, 2.05) is 18.7 Å². The normalized spacial score (nSPS) is 25.6. The monoisotopic (exact) mass is 287 g/mol. The summed E-state index contributed by atoms with van der Waals surface area (Å²) in [5.74, 6) is 0.201. The largest absolute Gasteiger partial charge is 0.381 e. The molecule has 0 N–H and O–H groups in total. The lowest BCUT2D eigenvalue weighted by Crippen LogP contribution is -2.37. The van der Waals surface area contributed by atoms with Crippen LogP contribution in [0.25, 0.3) is 0 Å². The van der Waals surface area contributed by atoms with Crippen molar-refractivity contribution >= 4 is 5.91 Å². The van der Waals surface area contributed by atoms with Gasteiger partial charge < -0.3 is 9.64 Å². The fourth-order valence-electron chi connectivity index (χ4n) is 4.02. The maximum Gasteiger partial charge on any atom is 0.254 e. The topological polar surface area (TPSA) is 29.5 Å². The third-order valence-corrected chi connectivity index (χ3v) is 5.02. The van der Waals surface area contributed by atoms with Gasteiger partial charge in [-0.2, -0.15) is 0 Å². The molecule has 2 fully saturated rings. The zero-order chi connectivity index (χ0) is 15.0. The van der Waals surface area contributed by atoms with Crippen molar-refractivity contribution in [2.75, 3.05) is 26.3 Å². The Morgan fingerprint density at radius 1 is 1.19 bits per heavy atom. The summed E-state index contributed by atoms with van der Waals surface area (Å²) in [5, 5.41) is 0. The van der Waals surface area contributed by atoms with Gasteiger partial charge in [0.05, 0.1) is 6.61 Å². The lowest BCUT2D eigenvalue weighted by atomic mass is 9.82. The zero-order valence-electron chi connectivity index (χ0n) is 13.4. The Kier molecular flexibility index (Phi) is 3.78. The second-order valence-electron chi connectivity index (χ2n) is 6.91. The number of nitrogens with zero attached hydrogens (tertiary/aromatic N) is 1. The first kappa shape index (κ1) is 14.6. The van der Waals surface area contributed by atoms with Gasteiger partial charge in [0.15, 0.2) is 0 Å². The molecule has 3 heteroatoms. The molecular formula is C18H25NO2. The van der Waals surface area contributed by atoms with Gasteiger partial charge in [-0.3, -0.25) is 4.79 Å². The van der Waals surface area contributed by atoms with E-state index in [-0.39, 0.29) is 11.3 Å².